The quantitative estimate of drug-likeness (QED) is 0.595. The molecule has 8 heteroatoms. The maximum Gasteiger partial charge on any atom is 0.267 e. The van der Waals surface area contributed by atoms with E-state index < -0.39 is 0 Å². The SMILES string of the molecule is CCOc1ccc(-c2ccc(=O)n(CC(=O)N3CCN(c4ccc(F)cc4)CC3)n2)cc1. The molecule has 2 heterocycles. The lowest BCUT2D eigenvalue weighted by Gasteiger charge is -2.36. The van der Waals surface area contributed by atoms with Gasteiger partial charge in [-0.1, -0.05) is 0 Å². The van der Waals surface area contributed by atoms with Gasteiger partial charge in [0.05, 0.1) is 12.3 Å². The molecule has 1 amide bonds. The molecule has 0 N–H and O–H groups in total. The lowest BCUT2D eigenvalue weighted by Crippen LogP contribution is -2.50. The van der Waals surface area contributed by atoms with Crippen LogP contribution in [-0.4, -0.2) is 53.4 Å². The molecular formula is C24H25FN4O3. The minimum absolute atomic E-state index is 0.111. The Kier molecular flexibility index (Phi) is 6.49. The molecule has 4 rings (SSSR count). The van der Waals surface area contributed by atoms with Crippen LogP contribution in [0.25, 0.3) is 11.3 Å². The number of benzene rings is 2. The summed E-state index contributed by atoms with van der Waals surface area (Å²) in [6, 6.07) is 16.9. The molecule has 0 atom stereocenters. The molecule has 0 bridgehead atoms. The van der Waals surface area contributed by atoms with E-state index in [1.165, 1.54) is 22.9 Å². The molecule has 2 aromatic carbocycles. The molecule has 0 unspecified atom stereocenters. The number of nitrogens with zero attached hydrogens (tertiary/aromatic N) is 4. The van der Waals surface area contributed by atoms with Gasteiger partial charge in [-0.05, 0) is 61.5 Å². The van der Waals surface area contributed by atoms with Gasteiger partial charge in [-0.25, -0.2) is 9.07 Å². The number of ether oxygens (including phenoxy) is 1. The molecule has 1 aliphatic rings. The Labute approximate surface area is 185 Å². The van der Waals surface area contributed by atoms with Gasteiger partial charge in [0, 0.05) is 43.5 Å². The van der Waals surface area contributed by atoms with Crippen LogP contribution >= 0.6 is 0 Å². The van der Waals surface area contributed by atoms with Gasteiger partial charge >= 0.3 is 0 Å². The van der Waals surface area contributed by atoms with Gasteiger partial charge in [-0.15, -0.1) is 0 Å². The number of hydrogen-bond acceptors (Lipinski definition) is 5. The molecule has 3 aromatic rings. The van der Waals surface area contributed by atoms with Crippen molar-refractivity contribution in [2.24, 2.45) is 0 Å². The molecule has 1 saturated heterocycles. The zero-order valence-electron chi connectivity index (χ0n) is 17.9. The highest BCUT2D eigenvalue weighted by Crippen LogP contribution is 2.20. The van der Waals surface area contributed by atoms with E-state index in [0.717, 1.165) is 17.0 Å². The normalized spacial score (nSPS) is 13.8. The molecule has 32 heavy (non-hydrogen) atoms. The highest BCUT2D eigenvalue weighted by atomic mass is 19.1. The predicted octanol–water partition coefficient (Wildman–Crippen LogP) is 2.80. The number of hydrogen-bond donors (Lipinski definition) is 0. The average molecular weight is 436 g/mol. The Bertz CT molecular complexity index is 1120. The first-order valence-corrected chi connectivity index (χ1v) is 10.6. The zero-order valence-corrected chi connectivity index (χ0v) is 17.9. The van der Waals surface area contributed by atoms with E-state index in [1.54, 1.807) is 23.1 Å². The van der Waals surface area contributed by atoms with E-state index in [4.69, 9.17) is 4.74 Å². The standard InChI is InChI=1S/C24H25FN4O3/c1-2-32-21-9-3-18(4-10-21)22-11-12-23(30)29(26-22)17-24(31)28-15-13-27(14-16-28)20-7-5-19(25)6-8-20/h3-12H,2,13-17H2,1H3. The molecule has 1 aromatic heterocycles. The molecule has 0 saturated carbocycles. The first-order chi connectivity index (χ1) is 15.5. The maximum absolute atomic E-state index is 13.1. The van der Waals surface area contributed by atoms with Gasteiger partial charge in [0.25, 0.3) is 5.56 Å². The number of anilines is 1. The first-order valence-electron chi connectivity index (χ1n) is 10.6. The summed E-state index contributed by atoms with van der Waals surface area (Å²) in [6.45, 7) is 4.75. The summed E-state index contributed by atoms with van der Waals surface area (Å²) in [5, 5.41) is 4.39. The molecule has 0 spiro atoms. The van der Waals surface area contributed by atoms with Gasteiger partial charge in [0.2, 0.25) is 5.91 Å². The van der Waals surface area contributed by atoms with Crippen molar-refractivity contribution in [1.29, 1.82) is 0 Å². The summed E-state index contributed by atoms with van der Waals surface area (Å²) >= 11 is 0. The molecule has 1 fully saturated rings. The van der Waals surface area contributed by atoms with Crippen LogP contribution in [0.4, 0.5) is 10.1 Å². The van der Waals surface area contributed by atoms with Crippen LogP contribution in [0.15, 0.2) is 65.5 Å². The van der Waals surface area contributed by atoms with Crippen molar-refractivity contribution >= 4 is 11.6 Å². The first kappa shape index (κ1) is 21.5. The van der Waals surface area contributed by atoms with E-state index in [9.17, 15) is 14.0 Å². The van der Waals surface area contributed by atoms with E-state index >= 15 is 0 Å². The van der Waals surface area contributed by atoms with Crippen LogP contribution in [0.5, 0.6) is 5.75 Å². The van der Waals surface area contributed by atoms with Crippen molar-refractivity contribution in [2.75, 3.05) is 37.7 Å². The molecule has 7 nitrogen and oxygen atoms in total. The van der Waals surface area contributed by atoms with Crippen molar-refractivity contribution in [3.05, 3.63) is 76.8 Å². The van der Waals surface area contributed by atoms with Gasteiger partial charge in [0.1, 0.15) is 18.1 Å². The van der Waals surface area contributed by atoms with Crippen molar-refractivity contribution < 1.29 is 13.9 Å². The molecule has 0 radical (unpaired) electrons. The van der Waals surface area contributed by atoms with Crippen molar-refractivity contribution in [1.82, 2.24) is 14.7 Å². The Morgan fingerprint density at radius 2 is 1.66 bits per heavy atom. The fourth-order valence-corrected chi connectivity index (χ4v) is 3.70. The summed E-state index contributed by atoms with van der Waals surface area (Å²) in [5.74, 6) is 0.342. The monoisotopic (exact) mass is 436 g/mol. The van der Waals surface area contributed by atoms with Crippen molar-refractivity contribution in [3.8, 4) is 17.0 Å². The summed E-state index contributed by atoms with van der Waals surface area (Å²) in [4.78, 5) is 29.0. The molecule has 1 aliphatic heterocycles. The smallest absolute Gasteiger partial charge is 0.267 e. The predicted molar refractivity (Wildman–Crippen MR) is 120 cm³/mol. The third kappa shape index (κ3) is 4.96. The number of piperazine rings is 1. The van der Waals surface area contributed by atoms with Crippen LogP contribution in [0.1, 0.15) is 6.92 Å². The Hall–Kier alpha value is -3.68. The van der Waals surface area contributed by atoms with Gasteiger partial charge in [-0.3, -0.25) is 9.59 Å². The second-order valence-corrected chi connectivity index (χ2v) is 7.52. The average Bonchev–Trinajstić information content (AvgIpc) is 2.82. The van der Waals surface area contributed by atoms with Crippen LogP contribution in [0, 0.1) is 5.82 Å². The molecule has 0 aliphatic carbocycles. The third-order valence-corrected chi connectivity index (χ3v) is 5.44. The number of rotatable bonds is 6. The van der Waals surface area contributed by atoms with Crippen LogP contribution < -0.4 is 15.2 Å². The minimum atomic E-state index is -0.321. The topological polar surface area (TPSA) is 67.7 Å². The lowest BCUT2D eigenvalue weighted by molar-refractivity contribution is -0.132. The Morgan fingerprint density at radius 1 is 0.969 bits per heavy atom. The number of amides is 1. The van der Waals surface area contributed by atoms with Gasteiger partial charge < -0.3 is 14.5 Å². The zero-order chi connectivity index (χ0) is 22.5. The highest BCUT2D eigenvalue weighted by Gasteiger charge is 2.22. The number of carbonyl (C=O) groups is 1. The van der Waals surface area contributed by atoms with E-state index in [2.05, 4.69) is 10.00 Å². The second kappa shape index (κ2) is 9.64. The van der Waals surface area contributed by atoms with Crippen molar-refractivity contribution in [3.63, 3.8) is 0 Å². The maximum atomic E-state index is 13.1. The lowest BCUT2D eigenvalue weighted by atomic mass is 10.1. The summed E-state index contributed by atoms with van der Waals surface area (Å²) in [5.41, 5.74) is 2.06. The highest BCUT2D eigenvalue weighted by molar-refractivity contribution is 5.76. The third-order valence-electron chi connectivity index (χ3n) is 5.44. The number of halogens is 1. The van der Waals surface area contributed by atoms with Crippen LogP contribution in [-0.2, 0) is 11.3 Å². The van der Waals surface area contributed by atoms with Crippen molar-refractivity contribution in [2.45, 2.75) is 13.5 Å². The van der Waals surface area contributed by atoms with Gasteiger partial charge in [-0.2, -0.15) is 5.10 Å². The van der Waals surface area contributed by atoms with Gasteiger partial charge in [0.15, 0.2) is 0 Å². The van der Waals surface area contributed by atoms with E-state index in [-0.39, 0.29) is 23.8 Å². The Morgan fingerprint density at radius 3 is 2.31 bits per heavy atom. The molecule has 166 valence electrons. The second-order valence-electron chi connectivity index (χ2n) is 7.52. The minimum Gasteiger partial charge on any atom is -0.494 e. The number of aromatic nitrogens is 2. The van der Waals surface area contributed by atoms with E-state index in [0.29, 0.717) is 38.5 Å². The fraction of sp³-hybridized carbons (Fsp3) is 0.292. The van der Waals surface area contributed by atoms with E-state index in [1.807, 2.05) is 31.2 Å². The van der Waals surface area contributed by atoms with Crippen LogP contribution in [0.2, 0.25) is 0 Å². The number of carbonyl (C=O) groups excluding carboxylic acids is 1. The summed E-state index contributed by atoms with van der Waals surface area (Å²) in [6.07, 6.45) is 0. The summed E-state index contributed by atoms with van der Waals surface area (Å²) < 4.78 is 19.8. The largest absolute Gasteiger partial charge is 0.494 e. The Balaban J connectivity index is 1.40. The van der Waals surface area contributed by atoms with Crippen LogP contribution in [0.3, 0.4) is 0 Å². The fourth-order valence-electron chi connectivity index (χ4n) is 3.70. The molecular weight excluding hydrogens is 411 g/mol. The summed E-state index contributed by atoms with van der Waals surface area (Å²) in [7, 11) is 0.